The van der Waals surface area contributed by atoms with Gasteiger partial charge in [-0.25, -0.2) is 0 Å². The molecule has 0 saturated heterocycles. The maximum absolute atomic E-state index is 12.6. The van der Waals surface area contributed by atoms with Crippen LogP contribution in [0.1, 0.15) is 22.8 Å². The number of nitrogens with one attached hydrogen (secondary N) is 1. The molecular weight excluding hydrogens is 438 g/mol. The number of hydrogen-bond donors (Lipinski definition) is 1. The van der Waals surface area contributed by atoms with Crippen molar-refractivity contribution in [3.8, 4) is 17.2 Å². The molecule has 1 N–H and O–H groups in total. The summed E-state index contributed by atoms with van der Waals surface area (Å²) in [6.07, 6.45) is 1.83. The van der Waals surface area contributed by atoms with Gasteiger partial charge in [-0.3, -0.25) is 9.59 Å². The zero-order chi connectivity index (χ0) is 23.2. The number of benzene rings is 3. The Morgan fingerprint density at radius 2 is 1.76 bits per heavy atom. The minimum atomic E-state index is -0.318. The minimum absolute atomic E-state index is 0.0129. The van der Waals surface area contributed by atoms with Crippen LogP contribution in [-0.4, -0.2) is 32.0 Å². The number of ketones is 1. The van der Waals surface area contributed by atoms with Gasteiger partial charge in [-0.15, -0.1) is 0 Å². The fraction of sp³-hybridized carbons (Fsp3) is 0.154. The number of carbonyl (C=O) groups is 2. The van der Waals surface area contributed by atoms with Crippen LogP contribution in [0.15, 0.2) is 76.5 Å². The zero-order valence-electron chi connectivity index (χ0n) is 18.3. The van der Waals surface area contributed by atoms with Crippen LogP contribution in [0.5, 0.6) is 17.2 Å². The number of Topliss-reactive ketones (excluding diaryl/α,β-unsaturated/α-hetero) is 1. The number of amides is 1. The number of rotatable bonds is 8. The number of methoxy groups -OCH3 is 1. The van der Waals surface area contributed by atoms with Crippen molar-refractivity contribution in [1.82, 2.24) is 0 Å². The second kappa shape index (κ2) is 10.3. The summed E-state index contributed by atoms with van der Waals surface area (Å²) in [5.41, 5.74) is 2.11. The zero-order valence-corrected chi connectivity index (χ0v) is 19.1. The first-order valence-corrected chi connectivity index (χ1v) is 11.3. The van der Waals surface area contributed by atoms with Gasteiger partial charge in [0.2, 0.25) is 5.78 Å². The molecule has 0 unspecified atom stereocenters. The molecule has 1 heterocycles. The molecule has 7 heteroatoms. The van der Waals surface area contributed by atoms with Gasteiger partial charge in [-0.2, -0.15) is 0 Å². The topological polar surface area (TPSA) is 73.9 Å². The van der Waals surface area contributed by atoms with Crippen molar-refractivity contribution in [3.05, 3.63) is 82.8 Å². The first-order valence-electron chi connectivity index (χ1n) is 10.4. The van der Waals surface area contributed by atoms with E-state index in [1.807, 2.05) is 55.5 Å². The Hall–Kier alpha value is -3.71. The Labute approximate surface area is 196 Å². The Kier molecular flexibility index (Phi) is 7.00. The third-order valence-electron chi connectivity index (χ3n) is 4.88. The van der Waals surface area contributed by atoms with E-state index < -0.39 is 0 Å². The molecule has 0 saturated carbocycles. The summed E-state index contributed by atoms with van der Waals surface area (Å²) in [6, 6.07) is 20.1. The standard InChI is InChI=1S/C26H23NO5S/c1-3-31-20-10-6-5-9-19(20)27-25(28)16-32-21-13-12-17(14-22(21)30-2)15-24-26(29)18-8-4-7-11-23(18)33-24/h4-15H,3,16H2,1-2H3,(H,27,28)/b24-15-. The summed E-state index contributed by atoms with van der Waals surface area (Å²) >= 11 is 1.45. The van der Waals surface area contributed by atoms with Crippen LogP contribution in [0, 0.1) is 0 Å². The van der Waals surface area contributed by atoms with E-state index >= 15 is 0 Å². The Balaban J connectivity index is 1.43. The van der Waals surface area contributed by atoms with E-state index in [0.29, 0.717) is 34.4 Å². The van der Waals surface area contributed by atoms with E-state index in [-0.39, 0.29) is 18.3 Å². The van der Waals surface area contributed by atoms with Gasteiger partial charge in [-0.05, 0) is 55.0 Å². The lowest BCUT2D eigenvalue weighted by Crippen LogP contribution is -2.20. The Morgan fingerprint density at radius 1 is 0.970 bits per heavy atom. The normalized spacial score (nSPS) is 13.5. The first kappa shape index (κ1) is 22.5. The van der Waals surface area contributed by atoms with Crippen LogP contribution < -0.4 is 19.5 Å². The van der Waals surface area contributed by atoms with Crippen molar-refractivity contribution in [2.75, 3.05) is 25.6 Å². The fourth-order valence-electron chi connectivity index (χ4n) is 3.36. The van der Waals surface area contributed by atoms with E-state index in [1.165, 1.54) is 18.9 Å². The molecule has 0 spiro atoms. The number of allylic oxidation sites excluding steroid dienone is 1. The molecule has 1 amide bonds. The van der Waals surface area contributed by atoms with Crippen molar-refractivity contribution in [2.45, 2.75) is 11.8 Å². The number of hydrogen-bond acceptors (Lipinski definition) is 6. The second-order valence-corrected chi connectivity index (χ2v) is 8.20. The van der Waals surface area contributed by atoms with E-state index in [9.17, 15) is 9.59 Å². The third kappa shape index (κ3) is 5.21. The van der Waals surface area contributed by atoms with Gasteiger partial charge in [0, 0.05) is 10.5 Å². The molecule has 6 nitrogen and oxygen atoms in total. The monoisotopic (exact) mass is 461 g/mol. The largest absolute Gasteiger partial charge is 0.493 e. The van der Waals surface area contributed by atoms with Crippen LogP contribution in [-0.2, 0) is 4.79 Å². The number of para-hydroxylation sites is 2. The highest BCUT2D eigenvalue weighted by Crippen LogP contribution is 2.41. The number of anilines is 1. The quantitative estimate of drug-likeness (QED) is 0.450. The van der Waals surface area contributed by atoms with Gasteiger partial charge in [-0.1, -0.05) is 42.1 Å². The van der Waals surface area contributed by atoms with Gasteiger partial charge in [0.1, 0.15) is 5.75 Å². The number of carbonyl (C=O) groups excluding carboxylic acids is 2. The summed E-state index contributed by atoms with van der Waals surface area (Å²) in [4.78, 5) is 26.6. The van der Waals surface area contributed by atoms with Crippen molar-refractivity contribution in [2.24, 2.45) is 0 Å². The number of thioether (sulfide) groups is 1. The smallest absolute Gasteiger partial charge is 0.262 e. The predicted octanol–water partition coefficient (Wildman–Crippen LogP) is 5.44. The van der Waals surface area contributed by atoms with E-state index in [4.69, 9.17) is 14.2 Å². The van der Waals surface area contributed by atoms with Crippen molar-refractivity contribution in [1.29, 1.82) is 0 Å². The molecule has 168 valence electrons. The van der Waals surface area contributed by atoms with Gasteiger partial charge in [0.05, 0.1) is 24.3 Å². The van der Waals surface area contributed by atoms with Crippen LogP contribution in [0.25, 0.3) is 6.08 Å². The first-order chi connectivity index (χ1) is 16.1. The average molecular weight is 462 g/mol. The highest BCUT2D eigenvalue weighted by Gasteiger charge is 2.25. The van der Waals surface area contributed by atoms with Crippen LogP contribution in [0.3, 0.4) is 0 Å². The molecule has 33 heavy (non-hydrogen) atoms. The van der Waals surface area contributed by atoms with Gasteiger partial charge in [0.15, 0.2) is 18.1 Å². The minimum Gasteiger partial charge on any atom is -0.493 e. The van der Waals surface area contributed by atoms with Gasteiger partial charge in [0.25, 0.3) is 5.91 Å². The van der Waals surface area contributed by atoms with Crippen molar-refractivity contribution >= 4 is 35.2 Å². The van der Waals surface area contributed by atoms with Crippen LogP contribution >= 0.6 is 11.8 Å². The molecule has 0 aromatic heterocycles. The summed E-state index contributed by atoms with van der Waals surface area (Å²) in [7, 11) is 1.53. The molecule has 1 aliphatic rings. The number of fused-ring (bicyclic) bond motifs is 1. The van der Waals surface area contributed by atoms with Crippen LogP contribution in [0.4, 0.5) is 5.69 Å². The molecular formula is C26H23NO5S. The predicted molar refractivity (Wildman–Crippen MR) is 129 cm³/mol. The lowest BCUT2D eigenvalue weighted by Gasteiger charge is -2.13. The molecule has 3 aromatic carbocycles. The lowest BCUT2D eigenvalue weighted by atomic mass is 10.1. The van der Waals surface area contributed by atoms with E-state index in [1.54, 1.807) is 24.3 Å². The Bertz CT molecular complexity index is 1220. The molecule has 0 aliphatic carbocycles. The number of ether oxygens (including phenoxy) is 3. The van der Waals surface area contributed by atoms with Gasteiger partial charge >= 0.3 is 0 Å². The maximum Gasteiger partial charge on any atom is 0.262 e. The summed E-state index contributed by atoms with van der Waals surface area (Å²) in [5, 5.41) is 2.80. The molecule has 0 radical (unpaired) electrons. The highest BCUT2D eigenvalue weighted by molar-refractivity contribution is 8.04. The Morgan fingerprint density at radius 3 is 2.55 bits per heavy atom. The van der Waals surface area contributed by atoms with Crippen molar-refractivity contribution < 1.29 is 23.8 Å². The average Bonchev–Trinajstić information content (AvgIpc) is 3.14. The molecule has 3 aromatic rings. The molecule has 0 atom stereocenters. The molecule has 0 bridgehead atoms. The van der Waals surface area contributed by atoms with E-state index in [2.05, 4.69) is 5.32 Å². The summed E-state index contributed by atoms with van der Waals surface area (Å²) < 4.78 is 16.7. The molecule has 4 rings (SSSR count). The second-order valence-electron chi connectivity index (χ2n) is 7.11. The summed E-state index contributed by atoms with van der Waals surface area (Å²) in [5.74, 6) is 1.20. The third-order valence-corrected chi connectivity index (χ3v) is 5.98. The highest BCUT2D eigenvalue weighted by atomic mass is 32.2. The summed E-state index contributed by atoms with van der Waals surface area (Å²) in [6.45, 7) is 2.19. The van der Waals surface area contributed by atoms with Gasteiger partial charge < -0.3 is 19.5 Å². The lowest BCUT2D eigenvalue weighted by molar-refractivity contribution is -0.118. The SMILES string of the molecule is CCOc1ccccc1NC(=O)COc1ccc(/C=C2\Sc3ccccc3C2=O)cc1OC. The molecule has 0 fully saturated rings. The van der Waals surface area contributed by atoms with Crippen molar-refractivity contribution in [3.63, 3.8) is 0 Å². The molecule has 1 aliphatic heterocycles. The van der Waals surface area contributed by atoms with Crippen LogP contribution in [0.2, 0.25) is 0 Å². The fourth-order valence-corrected chi connectivity index (χ4v) is 4.41. The maximum atomic E-state index is 12.6. The van der Waals surface area contributed by atoms with E-state index in [0.717, 1.165) is 16.0 Å².